The van der Waals surface area contributed by atoms with Crippen LogP contribution in [-0.2, 0) is 4.79 Å². The lowest BCUT2D eigenvalue weighted by Crippen LogP contribution is -2.42. The molecule has 1 amide bonds. The minimum atomic E-state index is 0.0771. The first-order valence-electron chi connectivity index (χ1n) is 8.20. The van der Waals surface area contributed by atoms with E-state index in [1.807, 2.05) is 0 Å². The van der Waals surface area contributed by atoms with Crippen LogP contribution in [-0.4, -0.2) is 29.6 Å². The molecule has 3 heteroatoms. The van der Waals surface area contributed by atoms with Crippen molar-refractivity contribution in [3.8, 4) is 0 Å². The summed E-state index contributed by atoms with van der Waals surface area (Å²) >= 11 is 0. The molecule has 2 aliphatic rings. The van der Waals surface area contributed by atoms with E-state index in [1.54, 1.807) is 0 Å². The molecule has 0 aromatic heterocycles. The Balaban J connectivity index is 1.86. The monoisotopic (exact) mass is 266 g/mol. The zero-order valence-corrected chi connectivity index (χ0v) is 12.8. The Kier molecular flexibility index (Phi) is 5.26. The van der Waals surface area contributed by atoms with Crippen LogP contribution in [0, 0.1) is 11.8 Å². The quantitative estimate of drug-likeness (QED) is 0.732. The highest BCUT2D eigenvalue weighted by atomic mass is 16.2. The summed E-state index contributed by atoms with van der Waals surface area (Å²) in [5.74, 6) is 1.82. The van der Waals surface area contributed by atoms with Crippen LogP contribution in [0.15, 0.2) is 0 Å². The van der Waals surface area contributed by atoms with Crippen molar-refractivity contribution in [3.05, 3.63) is 0 Å². The molecule has 0 aromatic carbocycles. The van der Waals surface area contributed by atoms with E-state index in [-0.39, 0.29) is 12.2 Å². The van der Waals surface area contributed by atoms with Crippen molar-refractivity contribution in [2.45, 2.75) is 77.9 Å². The third kappa shape index (κ3) is 3.95. The van der Waals surface area contributed by atoms with Crippen molar-refractivity contribution < 1.29 is 4.79 Å². The van der Waals surface area contributed by atoms with Crippen molar-refractivity contribution in [3.63, 3.8) is 0 Å². The van der Waals surface area contributed by atoms with Crippen LogP contribution in [0.4, 0.5) is 0 Å². The first-order chi connectivity index (χ1) is 9.13. The van der Waals surface area contributed by atoms with E-state index in [4.69, 9.17) is 0 Å². The largest absolute Gasteiger partial charge is 0.326 e. The second kappa shape index (κ2) is 6.74. The maximum atomic E-state index is 12.5. The minimum Gasteiger partial charge on any atom is -0.326 e. The number of hydrogen-bond acceptors (Lipinski definition) is 2. The fraction of sp³-hybridized carbons (Fsp3) is 0.938. The molecule has 0 spiro atoms. The molecule has 0 bridgehead atoms. The third-order valence-electron chi connectivity index (χ3n) is 4.48. The lowest BCUT2D eigenvalue weighted by molar-refractivity contribution is -0.130. The zero-order chi connectivity index (χ0) is 13.8. The number of hydrogen-bond donors (Lipinski definition) is 1. The van der Waals surface area contributed by atoms with Crippen LogP contribution in [0.25, 0.3) is 0 Å². The Morgan fingerprint density at radius 3 is 2.58 bits per heavy atom. The van der Waals surface area contributed by atoms with Gasteiger partial charge in [-0.2, -0.15) is 0 Å². The predicted molar refractivity (Wildman–Crippen MR) is 78.7 cm³/mol. The van der Waals surface area contributed by atoms with E-state index in [2.05, 4.69) is 31.0 Å². The van der Waals surface area contributed by atoms with E-state index in [0.29, 0.717) is 11.8 Å². The number of carbonyl (C=O) groups excluding carboxylic acids is 1. The molecule has 1 heterocycles. The summed E-state index contributed by atoms with van der Waals surface area (Å²) in [5, 5.41) is 3.56. The summed E-state index contributed by atoms with van der Waals surface area (Å²) in [4.78, 5) is 14.6. The van der Waals surface area contributed by atoms with Crippen LogP contribution in [0.5, 0.6) is 0 Å². The molecule has 2 unspecified atom stereocenters. The molecular formula is C16H30N2O. The number of amides is 1. The Morgan fingerprint density at radius 2 is 2.00 bits per heavy atom. The highest BCUT2D eigenvalue weighted by Crippen LogP contribution is 2.33. The average Bonchev–Trinajstić information content (AvgIpc) is 3.14. The Morgan fingerprint density at radius 1 is 1.26 bits per heavy atom. The highest BCUT2D eigenvalue weighted by Gasteiger charge is 2.39. The highest BCUT2D eigenvalue weighted by molar-refractivity contribution is 5.84. The lowest BCUT2D eigenvalue weighted by atomic mass is 10.1. The van der Waals surface area contributed by atoms with E-state index >= 15 is 0 Å². The number of carbonyl (C=O) groups is 1. The van der Waals surface area contributed by atoms with E-state index < -0.39 is 0 Å². The summed E-state index contributed by atoms with van der Waals surface area (Å²) in [5.41, 5.74) is 0. The van der Waals surface area contributed by atoms with Crippen LogP contribution < -0.4 is 5.32 Å². The maximum absolute atomic E-state index is 12.5. The Labute approximate surface area is 118 Å². The van der Waals surface area contributed by atoms with Crippen molar-refractivity contribution >= 4 is 5.91 Å². The van der Waals surface area contributed by atoms with E-state index in [1.165, 1.54) is 32.1 Å². The molecule has 19 heavy (non-hydrogen) atoms. The SMILES string of the molecule is CCCCC1NC(C(C)C)N(CCCC2CC2)C1=O. The molecule has 0 aromatic rings. The van der Waals surface area contributed by atoms with Crippen molar-refractivity contribution in [2.24, 2.45) is 11.8 Å². The van der Waals surface area contributed by atoms with Crippen molar-refractivity contribution in [1.82, 2.24) is 10.2 Å². The fourth-order valence-electron chi connectivity index (χ4n) is 3.08. The molecular weight excluding hydrogens is 236 g/mol. The van der Waals surface area contributed by atoms with Gasteiger partial charge < -0.3 is 4.90 Å². The third-order valence-corrected chi connectivity index (χ3v) is 4.48. The molecule has 2 rings (SSSR count). The van der Waals surface area contributed by atoms with Crippen LogP contribution in [0.1, 0.15) is 65.7 Å². The lowest BCUT2D eigenvalue weighted by Gasteiger charge is -2.27. The van der Waals surface area contributed by atoms with Gasteiger partial charge in [0, 0.05) is 6.54 Å². The van der Waals surface area contributed by atoms with Gasteiger partial charge in [-0.15, -0.1) is 0 Å². The Bertz CT molecular complexity index is 299. The summed E-state index contributed by atoms with van der Waals surface area (Å²) in [7, 11) is 0. The van der Waals surface area contributed by atoms with E-state index in [0.717, 1.165) is 25.3 Å². The molecule has 0 radical (unpaired) electrons. The minimum absolute atomic E-state index is 0.0771. The molecule has 110 valence electrons. The molecule has 1 aliphatic heterocycles. The standard InChI is InChI=1S/C16H30N2O/c1-4-5-8-14-16(19)18(15(17-14)12(2)3)11-6-7-13-9-10-13/h12-15,17H,4-11H2,1-3H3. The normalized spacial score (nSPS) is 27.6. The maximum Gasteiger partial charge on any atom is 0.241 e. The predicted octanol–water partition coefficient (Wildman–Crippen LogP) is 3.15. The van der Waals surface area contributed by atoms with Gasteiger partial charge in [0.1, 0.15) is 0 Å². The van der Waals surface area contributed by atoms with Crippen molar-refractivity contribution in [2.75, 3.05) is 6.54 Å². The summed E-state index contributed by atoms with van der Waals surface area (Å²) < 4.78 is 0. The summed E-state index contributed by atoms with van der Waals surface area (Å²) in [6.45, 7) is 7.56. The zero-order valence-electron chi connectivity index (χ0n) is 12.8. The number of nitrogens with zero attached hydrogens (tertiary/aromatic N) is 1. The topological polar surface area (TPSA) is 32.3 Å². The number of nitrogens with one attached hydrogen (secondary N) is 1. The molecule has 2 fully saturated rings. The van der Waals surface area contributed by atoms with Gasteiger partial charge in [-0.3, -0.25) is 10.1 Å². The van der Waals surface area contributed by atoms with Crippen LogP contribution in [0.3, 0.4) is 0 Å². The van der Waals surface area contributed by atoms with Gasteiger partial charge in [-0.25, -0.2) is 0 Å². The second-order valence-corrected chi connectivity index (χ2v) is 6.67. The molecule has 1 saturated carbocycles. The van der Waals surface area contributed by atoms with Gasteiger partial charge in [0.15, 0.2) is 0 Å². The van der Waals surface area contributed by atoms with E-state index in [9.17, 15) is 4.79 Å². The summed E-state index contributed by atoms with van der Waals surface area (Å²) in [6, 6.07) is 0.0771. The molecule has 1 saturated heterocycles. The van der Waals surface area contributed by atoms with Gasteiger partial charge in [-0.1, -0.05) is 46.5 Å². The number of unbranched alkanes of at least 4 members (excludes halogenated alkanes) is 1. The first-order valence-corrected chi connectivity index (χ1v) is 8.20. The van der Waals surface area contributed by atoms with Crippen molar-refractivity contribution in [1.29, 1.82) is 0 Å². The smallest absolute Gasteiger partial charge is 0.241 e. The number of rotatable bonds is 8. The van der Waals surface area contributed by atoms with Gasteiger partial charge in [0.25, 0.3) is 0 Å². The summed E-state index contributed by atoms with van der Waals surface area (Å²) in [6.07, 6.45) is 8.89. The van der Waals surface area contributed by atoms with Gasteiger partial charge in [0.05, 0.1) is 12.2 Å². The van der Waals surface area contributed by atoms with Gasteiger partial charge in [0.2, 0.25) is 5.91 Å². The molecule has 3 nitrogen and oxygen atoms in total. The Hall–Kier alpha value is -0.570. The fourth-order valence-corrected chi connectivity index (χ4v) is 3.08. The van der Waals surface area contributed by atoms with Gasteiger partial charge >= 0.3 is 0 Å². The van der Waals surface area contributed by atoms with Crippen LogP contribution >= 0.6 is 0 Å². The second-order valence-electron chi connectivity index (χ2n) is 6.67. The molecule has 1 N–H and O–H groups in total. The average molecular weight is 266 g/mol. The molecule has 1 aliphatic carbocycles. The van der Waals surface area contributed by atoms with Gasteiger partial charge in [-0.05, 0) is 31.1 Å². The molecule has 2 atom stereocenters. The van der Waals surface area contributed by atoms with Crippen LogP contribution in [0.2, 0.25) is 0 Å². The first kappa shape index (κ1) is 14.8.